The molecule has 0 fully saturated rings. The summed E-state index contributed by atoms with van der Waals surface area (Å²) in [5.41, 5.74) is 2.62. The van der Waals surface area contributed by atoms with Gasteiger partial charge in [-0.15, -0.1) is 0 Å². The van der Waals surface area contributed by atoms with E-state index in [9.17, 15) is 0 Å². The molecule has 1 heterocycles. The van der Waals surface area contributed by atoms with Crippen molar-refractivity contribution in [3.8, 4) is 11.4 Å². The quantitative estimate of drug-likeness (QED) is 0.255. The number of alkyl halides is 6. The molecule has 10 heteroatoms. The summed E-state index contributed by atoms with van der Waals surface area (Å²) in [7, 11) is 0. The zero-order chi connectivity index (χ0) is 21.2. The van der Waals surface area contributed by atoms with Gasteiger partial charge in [0.25, 0.3) is 0 Å². The summed E-state index contributed by atoms with van der Waals surface area (Å²) in [6.45, 7) is 0. The molecule has 0 unspecified atom stereocenters. The molecule has 0 saturated carbocycles. The normalized spacial score (nSPS) is 12.5. The number of hydrogen-bond acceptors (Lipinski definition) is 3. The van der Waals surface area contributed by atoms with Gasteiger partial charge in [0.05, 0.1) is 0 Å². The fraction of sp³-hybridized carbons (Fsp3) is 0.105. The second-order valence-corrected chi connectivity index (χ2v) is 10.8. The average Bonchev–Trinajstić information content (AvgIpc) is 2.66. The van der Waals surface area contributed by atoms with Crippen LogP contribution >= 0.6 is 81.2 Å². The van der Waals surface area contributed by atoms with Gasteiger partial charge in [0.1, 0.15) is 0 Å². The first-order chi connectivity index (χ1) is 13.5. The van der Waals surface area contributed by atoms with Gasteiger partial charge in [0, 0.05) is 10.6 Å². The molecule has 3 aromatic rings. The second-order valence-electron chi connectivity index (χ2n) is 5.81. The minimum absolute atomic E-state index is 0.138. The van der Waals surface area contributed by atoms with Crippen molar-refractivity contribution in [3.63, 3.8) is 0 Å². The summed E-state index contributed by atoms with van der Waals surface area (Å²) < 4.78 is -3.80. The predicted octanol–water partition coefficient (Wildman–Crippen LogP) is 8.02. The van der Waals surface area contributed by atoms with E-state index in [0.717, 1.165) is 11.1 Å². The third-order valence-electron chi connectivity index (χ3n) is 3.65. The fourth-order valence-corrected chi connectivity index (χ4v) is 2.90. The Morgan fingerprint density at radius 2 is 1.00 bits per heavy atom. The second kappa shape index (κ2) is 9.15. The van der Waals surface area contributed by atoms with Crippen molar-refractivity contribution in [2.24, 2.45) is 0 Å². The Morgan fingerprint density at radius 3 is 1.41 bits per heavy atom. The molecule has 0 bridgehead atoms. The van der Waals surface area contributed by atoms with Gasteiger partial charge >= 0.3 is 0 Å². The molecule has 0 N–H and O–H groups in total. The maximum absolute atomic E-state index is 5.91. The molecule has 0 aliphatic rings. The largest absolute Gasteiger partial charge is 0.250 e. The van der Waals surface area contributed by atoms with E-state index in [1.54, 1.807) is 12.1 Å². The van der Waals surface area contributed by atoms with Gasteiger partial charge in [-0.3, -0.25) is 0 Å². The Labute approximate surface area is 202 Å². The minimum atomic E-state index is -1.90. The van der Waals surface area contributed by atoms with E-state index in [2.05, 4.69) is 15.0 Å². The van der Waals surface area contributed by atoms with Crippen LogP contribution in [0.25, 0.3) is 23.5 Å². The van der Waals surface area contributed by atoms with Gasteiger partial charge in [-0.2, -0.15) is 0 Å². The molecule has 0 aliphatic heterocycles. The maximum atomic E-state index is 5.91. The molecule has 2 aromatic carbocycles. The molecule has 0 saturated heterocycles. The fourth-order valence-electron chi connectivity index (χ4n) is 2.27. The van der Waals surface area contributed by atoms with Crippen LogP contribution in [0, 0.1) is 0 Å². The van der Waals surface area contributed by atoms with E-state index in [4.69, 9.17) is 81.2 Å². The van der Waals surface area contributed by atoms with E-state index in [0.29, 0.717) is 10.6 Å². The maximum Gasteiger partial charge on any atom is 0.250 e. The van der Waals surface area contributed by atoms with Crippen LogP contribution in [0.1, 0.15) is 22.8 Å². The SMILES string of the molecule is Clc1ccc(/C=C/c2ccc(-c3nc(C(Cl)(Cl)Cl)nc(C(Cl)(Cl)Cl)n3)cc2)cc1. The minimum Gasteiger partial charge on any atom is -0.209 e. The van der Waals surface area contributed by atoms with Crippen molar-refractivity contribution >= 4 is 93.4 Å². The Balaban J connectivity index is 1.91. The van der Waals surface area contributed by atoms with Crippen molar-refractivity contribution in [1.82, 2.24) is 15.0 Å². The number of benzene rings is 2. The van der Waals surface area contributed by atoms with Crippen LogP contribution in [0.4, 0.5) is 0 Å². The zero-order valence-corrected chi connectivity index (χ0v) is 19.6. The lowest BCUT2D eigenvalue weighted by Gasteiger charge is -2.15. The topological polar surface area (TPSA) is 38.7 Å². The Hall–Kier alpha value is -0.780. The highest BCUT2D eigenvalue weighted by molar-refractivity contribution is 6.67. The smallest absolute Gasteiger partial charge is 0.209 e. The average molecular weight is 528 g/mol. The van der Waals surface area contributed by atoms with E-state index < -0.39 is 7.59 Å². The molecule has 0 spiro atoms. The molecular weight excluding hydrogens is 518 g/mol. The van der Waals surface area contributed by atoms with Gasteiger partial charge in [-0.25, -0.2) is 15.0 Å². The van der Waals surface area contributed by atoms with E-state index in [1.165, 1.54) is 0 Å². The molecule has 0 aliphatic carbocycles. The van der Waals surface area contributed by atoms with Crippen molar-refractivity contribution in [2.75, 3.05) is 0 Å². The number of nitrogens with zero attached hydrogens (tertiary/aromatic N) is 3. The Kier molecular flexibility index (Phi) is 7.23. The van der Waals surface area contributed by atoms with Crippen LogP contribution in [0.5, 0.6) is 0 Å². The summed E-state index contributed by atoms with van der Waals surface area (Å²) in [6.07, 6.45) is 3.93. The van der Waals surface area contributed by atoms with Crippen molar-refractivity contribution < 1.29 is 0 Å². The van der Waals surface area contributed by atoms with Crippen molar-refractivity contribution in [2.45, 2.75) is 7.59 Å². The molecule has 150 valence electrons. The van der Waals surface area contributed by atoms with Crippen molar-refractivity contribution in [1.29, 1.82) is 0 Å². The number of rotatable bonds is 3. The number of hydrogen-bond donors (Lipinski definition) is 0. The molecule has 3 rings (SSSR count). The van der Waals surface area contributed by atoms with Gasteiger partial charge in [-0.1, -0.05) is 130 Å². The molecule has 0 amide bonds. The predicted molar refractivity (Wildman–Crippen MR) is 124 cm³/mol. The summed E-state index contributed by atoms with van der Waals surface area (Å²) >= 11 is 41.3. The molecule has 0 radical (unpaired) electrons. The first kappa shape index (κ1) is 22.9. The summed E-state index contributed by atoms with van der Waals surface area (Å²) in [5.74, 6) is -0.0584. The number of aromatic nitrogens is 3. The lowest BCUT2D eigenvalue weighted by atomic mass is 10.1. The lowest BCUT2D eigenvalue weighted by Crippen LogP contribution is -2.16. The highest BCUT2D eigenvalue weighted by atomic mass is 35.6. The molecule has 3 nitrogen and oxygen atoms in total. The molecule has 0 atom stereocenters. The highest BCUT2D eigenvalue weighted by Crippen LogP contribution is 2.40. The van der Waals surface area contributed by atoms with Crippen LogP contribution in [-0.4, -0.2) is 15.0 Å². The van der Waals surface area contributed by atoms with Crippen LogP contribution in [-0.2, 0) is 7.59 Å². The Bertz CT molecular complexity index is 989. The van der Waals surface area contributed by atoms with Gasteiger partial charge in [0.2, 0.25) is 7.59 Å². The summed E-state index contributed by atoms with van der Waals surface area (Å²) in [6, 6.07) is 14.9. The van der Waals surface area contributed by atoms with E-state index in [-0.39, 0.29) is 17.5 Å². The van der Waals surface area contributed by atoms with Crippen molar-refractivity contribution in [3.05, 3.63) is 76.3 Å². The standard InChI is InChI=1S/C19H10Cl7N3/c20-14-9-5-12(6-10-14)2-1-11-3-7-13(8-4-11)15-27-16(18(21,22)23)29-17(28-15)19(24,25)26/h1-10H/b2-1+. The molecule has 1 aromatic heterocycles. The lowest BCUT2D eigenvalue weighted by molar-refractivity contribution is 0.851. The Morgan fingerprint density at radius 1 is 0.586 bits per heavy atom. The van der Waals surface area contributed by atoms with Gasteiger partial charge in [0.15, 0.2) is 17.5 Å². The summed E-state index contributed by atoms with van der Waals surface area (Å²) in [4.78, 5) is 12.3. The number of halogens is 7. The van der Waals surface area contributed by atoms with Crippen LogP contribution in [0.15, 0.2) is 48.5 Å². The first-order valence-electron chi connectivity index (χ1n) is 7.97. The van der Waals surface area contributed by atoms with E-state index >= 15 is 0 Å². The van der Waals surface area contributed by atoms with Crippen LogP contribution < -0.4 is 0 Å². The highest BCUT2D eigenvalue weighted by Gasteiger charge is 2.33. The van der Waals surface area contributed by atoms with Crippen LogP contribution in [0.2, 0.25) is 5.02 Å². The first-order valence-corrected chi connectivity index (χ1v) is 10.6. The third-order valence-corrected chi connectivity index (χ3v) is 4.92. The van der Waals surface area contributed by atoms with Crippen LogP contribution in [0.3, 0.4) is 0 Å². The monoisotopic (exact) mass is 525 g/mol. The van der Waals surface area contributed by atoms with Gasteiger partial charge < -0.3 is 0 Å². The molecule has 29 heavy (non-hydrogen) atoms. The van der Waals surface area contributed by atoms with E-state index in [1.807, 2.05) is 48.6 Å². The zero-order valence-electron chi connectivity index (χ0n) is 14.3. The summed E-state index contributed by atoms with van der Waals surface area (Å²) in [5, 5.41) is 0.687. The molecular formula is C19H10Cl7N3. The van der Waals surface area contributed by atoms with Gasteiger partial charge in [-0.05, 0) is 23.3 Å². The third kappa shape index (κ3) is 6.35.